The first-order valence-corrected chi connectivity index (χ1v) is 5.16. The molecule has 0 bridgehead atoms. The summed E-state index contributed by atoms with van der Waals surface area (Å²) < 4.78 is 9.94. The van der Waals surface area contributed by atoms with Crippen LogP contribution in [0, 0.1) is 0 Å². The Kier molecular flexibility index (Phi) is 5.77. The van der Waals surface area contributed by atoms with Crippen LogP contribution in [0.3, 0.4) is 0 Å². The number of furan rings is 1. The van der Waals surface area contributed by atoms with E-state index in [2.05, 4.69) is 0 Å². The Morgan fingerprint density at radius 1 is 1.56 bits per heavy atom. The number of hydrogen-bond acceptors (Lipinski definition) is 5. The minimum Gasteiger partial charge on any atom is -0.461 e. The van der Waals surface area contributed by atoms with Gasteiger partial charge in [-0.15, -0.1) is 0 Å². The molecule has 1 heterocycles. The molecule has 1 aromatic heterocycles. The number of aliphatic hydroxyl groups excluding tert-OH is 1. The number of ether oxygens (including phenoxy) is 1. The topological polar surface area (TPSA) is 62.9 Å². The average molecular weight is 227 g/mol. The van der Waals surface area contributed by atoms with Gasteiger partial charge in [-0.1, -0.05) is 0 Å². The Bertz CT molecular complexity index is 297. The molecule has 1 rings (SSSR count). The molecule has 0 saturated carbocycles. The number of carbonyl (C=O) groups is 1. The van der Waals surface area contributed by atoms with Crippen LogP contribution in [-0.2, 0) is 4.74 Å². The normalized spacial score (nSPS) is 10.9. The van der Waals surface area contributed by atoms with Gasteiger partial charge in [0.1, 0.15) is 0 Å². The molecule has 0 aliphatic heterocycles. The summed E-state index contributed by atoms with van der Waals surface area (Å²) in [5.41, 5.74) is 0. The van der Waals surface area contributed by atoms with Crippen molar-refractivity contribution in [1.82, 2.24) is 4.90 Å². The lowest BCUT2D eigenvalue weighted by atomic mass is 10.3. The number of rotatable bonds is 8. The van der Waals surface area contributed by atoms with E-state index >= 15 is 0 Å². The number of methoxy groups -OCH3 is 1. The number of carbonyl (C=O) groups excluding carboxylic acids is 1. The van der Waals surface area contributed by atoms with Gasteiger partial charge < -0.3 is 14.3 Å². The van der Waals surface area contributed by atoms with E-state index in [1.54, 1.807) is 19.2 Å². The first-order valence-electron chi connectivity index (χ1n) is 5.16. The van der Waals surface area contributed by atoms with Gasteiger partial charge in [0.2, 0.25) is 5.78 Å². The Morgan fingerprint density at radius 3 is 2.94 bits per heavy atom. The highest BCUT2D eigenvalue weighted by atomic mass is 16.5. The molecule has 16 heavy (non-hydrogen) atoms. The van der Waals surface area contributed by atoms with Gasteiger partial charge in [-0.3, -0.25) is 9.69 Å². The number of hydrogen-bond donors (Lipinski definition) is 1. The van der Waals surface area contributed by atoms with Crippen molar-refractivity contribution in [3.63, 3.8) is 0 Å². The highest BCUT2D eigenvalue weighted by Crippen LogP contribution is 2.02. The van der Waals surface area contributed by atoms with Crippen LogP contribution in [0.2, 0.25) is 0 Å². The molecule has 0 aliphatic carbocycles. The smallest absolute Gasteiger partial charge is 0.211 e. The van der Waals surface area contributed by atoms with Gasteiger partial charge >= 0.3 is 0 Å². The van der Waals surface area contributed by atoms with E-state index in [0.29, 0.717) is 25.5 Å². The third kappa shape index (κ3) is 4.14. The van der Waals surface area contributed by atoms with Crippen LogP contribution in [0.4, 0.5) is 0 Å². The molecule has 0 saturated heterocycles. The lowest BCUT2D eigenvalue weighted by Crippen LogP contribution is -2.34. The zero-order chi connectivity index (χ0) is 11.8. The molecule has 0 aliphatic rings. The summed E-state index contributed by atoms with van der Waals surface area (Å²) in [6, 6.07) is 3.31. The van der Waals surface area contributed by atoms with E-state index in [9.17, 15) is 4.79 Å². The molecule has 0 amide bonds. The quantitative estimate of drug-likeness (QED) is 0.651. The van der Waals surface area contributed by atoms with Crippen LogP contribution in [0.15, 0.2) is 22.8 Å². The van der Waals surface area contributed by atoms with Crippen LogP contribution in [-0.4, -0.2) is 55.7 Å². The first-order chi connectivity index (χ1) is 7.77. The van der Waals surface area contributed by atoms with E-state index in [4.69, 9.17) is 14.3 Å². The van der Waals surface area contributed by atoms with Crippen molar-refractivity contribution in [2.24, 2.45) is 0 Å². The first kappa shape index (κ1) is 12.9. The van der Waals surface area contributed by atoms with Crippen LogP contribution in [0.5, 0.6) is 0 Å². The summed E-state index contributed by atoms with van der Waals surface area (Å²) in [5.74, 6) is 0.259. The van der Waals surface area contributed by atoms with E-state index in [-0.39, 0.29) is 18.9 Å². The fraction of sp³-hybridized carbons (Fsp3) is 0.545. The molecule has 5 heteroatoms. The zero-order valence-electron chi connectivity index (χ0n) is 9.39. The molecular formula is C11H17NO4. The van der Waals surface area contributed by atoms with Crippen molar-refractivity contribution < 1.29 is 19.1 Å². The number of nitrogens with zero attached hydrogens (tertiary/aromatic N) is 1. The van der Waals surface area contributed by atoms with Gasteiger partial charge in [-0.05, 0) is 12.1 Å². The lowest BCUT2D eigenvalue weighted by molar-refractivity contribution is 0.0843. The standard InChI is InChI=1S/C11H17NO4/c1-15-8-5-12(4-6-13)9-10(14)11-3-2-7-16-11/h2-3,7,13H,4-6,8-9H2,1H3. The average Bonchev–Trinajstić information content (AvgIpc) is 2.79. The molecule has 0 unspecified atom stereocenters. The molecule has 1 aromatic rings. The predicted octanol–water partition coefficient (Wildman–Crippen LogP) is 0.403. The summed E-state index contributed by atoms with van der Waals surface area (Å²) in [6.07, 6.45) is 1.47. The molecular weight excluding hydrogens is 210 g/mol. The molecule has 1 N–H and O–H groups in total. The van der Waals surface area contributed by atoms with Crippen LogP contribution in [0.25, 0.3) is 0 Å². The fourth-order valence-electron chi connectivity index (χ4n) is 1.35. The second kappa shape index (κ2) is 7.16. The van der Waals surface area contributed by atoms with Gasteiger partial charge in [-0.2, -0.15) is 0 Å². The highest BCUT2D eigenvalue weighted by Gasteiger charge is 2.13. The predicted molar refractivity (Wildman–Crippen MR) is 58.4 cm³/mol. The highest BCUT2D eigenvalue weighted by molar-refractivity contribution is 5.94. The maximum atomic E-state index is 11.7. The van der Waals surface area contributed by atoms with Gasteiger partial charge in [0.25, 0.3) is 0 Å². The third-order valence-corrected chi connectivity index (χ3v) is 2.19. The summed E-state index contributed by atoms with van der Waals surface area (Å²) in [4.78, 5) is 13.5. The van der Waals surface area contributed by atoms with E-state index < -0.39 is 0 Å². The molecule has 0 aromatic carbocycles. The maximum Gasteiger partial charge on any atom is 0.211 e. The Balaban J connectivity index is 2.44. The lowest BCUT2D eigenvalue weighted by Gasteiger charge is -2.19. The van der Waals surface area contributed by atoms with Gasteiger partial charge in [0.15, 0.2) is 5.76 Å². The number of Topliss-reactive ketones (excluding diaryl/α,β-unsaturated/α-hetero) is 1. The van der Waals surface area contributed by atoms with Crippen LogP contribution < -0.4 is 0 Å². The Labute approximate surface area is 94.6 Å². The van der Waals surface area contributed by atoms with Crippen LogP contribution >= 0.6 is 0 Å². The number of aliphatic hydroxyl groups is 1. The van der Waals surface area contributed by atoms with Gasteiger partial charge in [0.05, 0.1) is 26.0 Å². The van der Waals surface area contributed by atoms with E-state index in [1.807, 2.05) is 4.90 Å². The van der Waals surface area contributed by atoms with E-state index in [1.165, 1.54) is 6.26 Å². The largest absolute Gasteiger partial charge is 0.461 e. The molecule has 5 nitrogen and oxygen atoms in total. The van der Waals surface area contributed by atoms with Crippen molar-refractivity contribution in [2.45, 2.75) is 0 Å². The van der Waals surface area contributed by atoms with Crippen molar-refractivity contribution >= 4 is 5.78 Å². The van der Waals surface area contributed by atoms with Crippen molar-refractivity contribution in [3.05, 3.63) is 24.2 Å². The molecule has 90 valence electrons. The minimum absolute atomic E-state index is 0.0230. The second-order valence-corrected chi connectivity index (χ2v) is 3.39. The monoisotopic (exact) mass is 227 g/mol. The SMILES string of the molecule is COCCN(CCO)CC(=O)c1ccco1. The van der Waals surface area contributed by atoms with Gasteiger partial charge in [-0.25, -0.2) is 0 Å². The molecule has 0 radical (unpaired) electrons. The zero-order valence-corrected chi connectivity index (χ0v) is 9.39. The second-order valence-electron chi connectivity index (χ2n) is 3.39. The van der Waals surface area contributed by atoms with Gasteiger partial charge in [0, 0.05) is 20.2 Å². The molecule has 0 spiro atoms. The Morgan fingerprint density at radius 2 is 2.38 bits per heavy atom. The maximum absolute atomic E-state index is 11.7. The van der Waals surface area contributed by atoms with Crippen molar-refractivity contribution in [2.75, 3.05) is 40.0 Å². The van der Waals surface area contributed by atoms with E-state index in [0.717, 1.165) is 0 Å². The summed E-state index contributed by atoms with van der Waals surface area (Å²) in [7, 11) is 1.60. The molecule has 0 atom stereocenters. The molecule has 0 fully saturated rings. The summed E-state index contributed by atoms with van der Waals surface area (Å²) >= 11 is 0. The third-order valence-electron chi connectivity index (χ3n) is 2.19. The Hall–Kier alpha value is -1.17. The van der Waals surface area contributed by atoms with Crippen molar-refractivity contribution in [3.8, 4) is 0 Å². The number of ketones is 1. The summed E-state index contributed by atoms with van der Waals surface area (Å²) in [6.45, 7) is 1.86. The fourth-order valence-corrected chi connectivity index (χ4v) is 1.35. The minimum atomic E-state index is -0.0884. The van der Waals surface area contributed by atoms with Crippen LogP contribution in [0.1, 0.15) is 10.6 Å². The van der Waals surface area contributed by atoms with Crippen molar-refractivity contribution in [1.29, 1.82) is 0 Å². The summed E-state index contributed by atoms with van der Waals surface area (Å²) in [5, 5.41) is 8.86.